The first-order valence-corrected chi connectivity index (χ1v) is 7.43. The molecule has 0 saturated carbocycles. The standard InChI is InChI=1S/C16H16Cl2FNO/c1-3-20-10(2)16-13(19)5-4-6-15(16)21-14-8-7-11(17)9-12(14)18/h4-10,20H,3H2,1-2H3. The molecule has 1 unspecified atom stereocenters. The summed E-state index contributed by atoms with van der Waals surface area (Å²) in [5.41, 5.74) is 0.477. The molecule has 0 radical (unpaired) electrons. The van der Waals surface area contributed by atoms with E-state index in [9.17, 15) is 4.39 Å². The van der Waals surface area contributed by atoms with Crippen molar-refractivity contribution in [3.8, 4) is 11.5 Å². The minimum absolute atomic E-state index is 0.169. The van der Waals surface area contributed by atoms with E-state index in [2.05, 4.69) is 5.32 Å². The molecule has 0 spiro atoms. The zero-order chi connectivity index (χ0) is 15.4. The van der Waals surface area contributed by atoms with Gasteiger partial charge in [-0.2, -0.15) is 0 Å². The highest BCUT2D eigenvalue weighted by Gasteiger charge is 2.17. The molecule has 1 N–H and O–H groups in total. The van der Waals surface area contributed by atoms with Crippen LogP contribution < -0.4 is 10.1 Å². The molecule has 0 bridgehead atoms. The second kappa shape index (κ2) is 7.12. The van der Waals surface area contributed by atoms with Gasteiger partial charge in [0.2, 0.25) is 0 Å². The van der Waals surface area contributed by atoms with Gasteiger partial charge in [-0.1, -0.05) is 36.2 Å². The molecular formula is C16H16Cl2FNO. The van der Waals surface area contributed by atoms with Crippen LogP contribution in [0.2, 0.25) is 10.0 Å². The molecule has 0 aliphatic rings. The summed E-state index contributed by atoms with van der Waals surface area (Å²) in [6.07, 6.45) is 0. The highest BCUT2D eigenvalue weighted by atomic mass is 35.5. The van der Waals surface area contributed by atoms with Gasteiger partial charge in [0.25, 0.3) is 0 Å². The number of rotatable bonds is 5. The molecule has 0 saturated heterocycles. The van der Waals surface area contributed by atoms with Crippen LogP contribution in [0.25, 0.3) is 0 Å². The van der Waals surface area contributed by atoms with E-state index in [0.717, 1.165) is 6.54 Å². The topological polar surface area (TPSA) is 21.3 Å². The summed E-state index contributed by atoms with van der Waals surface area (Å²) < 4.78 is 19.9. The van der Waals surface area contributed by atoms with E-state index >= 15 is 0 Å². The van der Waals surface area contributed by atoms with E-state index < -0.39 is 0 Å². The highest BCUT2D eigenvalue weighted by Crippen LogP contribution is 2.35. The second-order valence-corrected chi connectivity index (χ2v) is 5.45. The van der Waals surface area contributed by atoms with Gasteiger partial charge in [-0.3, -0.25) is 0 Å². The molecule has 1 atom stereocenters. The third kappa shape index (κ3) is 3.88. The maximum Gasteiger partial charge on any atom is 0.146 e. The van der Waals surface area contributed by atoms with Crippen molar-refractivity contribution < 1.29 is 9.13 Å². The molecule has 2 rings (SSSR count). The summed E-state index contributed by atoms with van der Waals surface area (Å²) in [7, 11) is 0. The van der Waals surface area contributed by atoms with Crippen LogP contribution in [0.5, 0.6) is 11.5 Å². The molecular weight excluding hydrogens is 312 g/mol. The first-order chi connectivity index (χ1) is 10.0. The summed E-state index contributed by atoms with van der Waals surface area (Å²) in [4.78, 5) is 0. The molecule has 0 heterocycles. The molecule has 2 nitrogen and oxygen atoms in total. The molecule has 21 heavy (non-hydrogen) atoms. The minimum atomic E-state index is -0.314. The van der Waals surface area contributed by atoms with Crippen LogP contribution in [-0.2, 0) is 0 Å². The van der Waals surface area contributed by atoms with Crippen molar-refractivity contribution in [2.24, 2.45) is 0 Å². The smallest absolute Gasteiger partial charge is 0.146 e. The van der Waals surface area contributed by atoms with Crippen LogP contribution in [0.4, 0.5) is 4.39 Å². The van der Waals surface area contributed by atoms with Gasteiger partial charge in [0.05, 0.1) is 5.02 Å². The van der Waals surface area contributed by atoms with Gasteiger partial charge in [0, 0.05) is 16.6 Å². The van der Waals surface area contributed by atoms with Crippen LogP contribution in [0.1, 0.15) is 25.5 Å². The van der Waals surface area contributed by atoms with E-state index in [1.54, 1.807) is 30.3 Å². The van der Waals surface area contributed by atoms with Crippen LogP contribution in [0.3, 0.4) is 0 Å². The Balaban J connectivity index is 2.37. The lowest BCUT2D eigenvalue weighted by molar-refractivity contribution is 0.448. The molecule has 0 aliphatic carbocycles. The maximum absolute atomic E-state index is 14.1. The summed E-state index contributed by atoms with van der Waals surface area (Å²) in [6, 6.07) is 9.50. The fourth-order valence-corrected chi connectivity index (χ4v) is 2.56. The van der Waals surface area contributed by atoms with E-state index in [4.69, 9.17) is 27.9 Å². The van der Waals surface area contributed by atoms with Crippen LogP contribution in [-0.4, -0.2) is 6.54 Å². The monoisotopic (exact) mass is 327 g/mol. The second-order valence-electron chi connectivity index (χ2n) is 4.61. The quantitative estimate of drug-likeness (QED) is 0.772. The van der Waals surface area contributed by atoms with E-state index in [0.29, 0.717) is 27.1 Å². The summed E-state index contributed by atoms with van der Waals surface area (Å²) in [5, 5.41) is 4.08. The number of hydrogen-bond acceptors (Lipinski definition) is 2. The van der Waals surface area contributed by atoms with Crippen molar-refractivity contribution in [2.45, 2.75) is 19.9 Å². The first-order valence-electron chi connectivity index (χ1n) is 6.67. The average molecular weight is 328 g/mol. The highest BCUT2D eigenvalue weighted by molar-refractivity contribution is 6.35. The molecule has 0 aliphatic heterocycles. The Kier molecular flexibility index (Phi) is 5.45. The number of nitrogens with one attached hydrogen (secondary N) is 1. The fraction of sp³-hybridized carbons (Fsp3) is 0.250. The SMILES string of the molecule is CCNC(C)c1c(F)cccc1Oc1ccc(Cl)cc1Cl. The third-order valence-corrected chi connectivity index (χ3v) is 3.60. The molecule has 0 amide bonds. The lowest BCUT2D eigenvalue weighted by Gasteiger charge is -2.18. The van der Waals surface area contributed by atoms with E-state index in [1.807, 2.05) is 13.8 Å². The predicted molar refractivity (Wildman–Crippen MR) is 85.0 cm³/mol. The van der Waals surface area contributed by atoms with Crippen molar-refractivity contribution >= 4 is 23.2 Å². The summed E-state index contributed by atoms with van der Waals surface area (Å²) in [5.74, 6) is 0.565. The van der Waals surface area contributed by atoms with Crippen molar-refractivity contribution in [1.29, 1.82) is 0 Å². The van der Waals surface area contributed by atoms with Crippen molar-refractivity contribution in [2.75, 3.05) is 6.54 Å². The van der Waals surface area contributed by atoms with Gasteiger partial charge in [0.15, 0.2) is 0 Å². The van der Waals surface area contributed by atoms with E-state index in [1.165, 1.54) is 6.07 Å². The third-order valence-electron chi connectivity index (χ3n) is 3.07. The fourth-order valence-electron chi connectivity index (χ4n) is 2.11. The Bertz CT molecular complexity index is 634. The lowest BCUT2D eigenvalue weighted by Crippen LogP contribution is -2.19. The van der Waals surface area contributed by atoms with Crippen LogP contribution in [0, 0.1) is 5.82 Å². The van der Waals surface area contributed by atoms with Crippen LogP contribution in [0.15, 0.2) is 36.4 Å². The molecule has 112 valence electrons. The Hall–Kier alpha value is -1.29. The largest absolute Gasteiger partial charge is 0.455 e. The van der Waals surface area contributed by atoms with Crippen molar-refractivity contribution in [3.05, 3.63) is 57.8 Å². The van der Waals surface area contributed by atoms with Gasteiger partial charge < -0.3 is 10.1 Å². The normalized spacial score (nSPS) is 12.2. The molecule has 2 aromatic carbocycles. The minimum Gasteiger partial charge on any atom is -0.455 e. The van der Waals surface area contributed by atoms with Gasteiger partial charge in [-0.05, 0) is 43.8 Å². The van der Waals surface area contributed by atoms with Gasteiger partial charge in [0.1, 0.15) is 17.3 Å². The Morgan fingerprint density at radius 2 is 1.95 bits per heavy atom. The zero-order valence-corrected chi connectivity index (χ0v) is 13.3. The zero-order valence-electron chi connectivity index (χ0n) is 11.8. The summed E-state index contributed by atoms with van der Waals surface area (Å²) >= 11 is 12.0. The summed E-state index contributed by atoms with van der Waals surface area (Å²) in [6.45, 7) is 4.59. The molecule has 2 aromatic rings. The van der Waals surface area contributed by atoms with Crippen LogP contribution >= 0.6 is 23.2 Å². The van der Waals surface area contributed by atoms with Crippen molar-refractivity contribution in [3.63, 3.8) is 0 Å². The maximum atomic E-state index is 14.1. The van der Waals surface area contributed by atoms with Gasteiger partial charge in [-0.15, -0.1) is 0 Å². The first kappa shape index (κ1) is 16.1. The Morgan fingerprint density at radius 3 is 2.62 bits per heavy atom. The van der Waals surface area contributed by atoms with E-state index in [-0.39, 0.29) is 11.9 Å². The van der Waals surface area contributed by atoms with Gasteiger partial charge >= 0.3 is 0 Å². The number of hydrogen-bond donors (Lipinski definition) is 1. The number of benzene rings is 2. The molecule has 0 fully saturated rings. The number of halogens is 3. The Morgan fingerprint density at radius 1 is 1.19 bits per heavy atom. The van der Waals surface area contributed by atoms with Crippen molar-refractivity contribution in [1.82, 2.24) is 5.32 Å². The lowest BCUT2D eigenvalue weighted by atomic mass is 10.1. The van der Waals surface area contributed by atoms with Gasteiger partial charge in [-0.25, -0.2) is 4.39 Å². The Labute approximate surface area is 133 Å². The predicted octanol–water partition coefficient (Wildman–Crippen LogP) is 5.60. The molecule has 0 aromatic heterocycles. The molecule has 5 heteroatoms. The number of ether oxygens (including phenoxy) is 1. The average Bonchev–Trinajstić information content (AvgIpc) is 2.42.